The molecule has 7 aromatic carbocycles. The van der Waals surface area contributed by atoms with Crippen LogP contribution in [-0.2, 0) is 0 Å². The largest absolute Gasteiger partial charge is 0.455 e. The minimum absolute atomic E-state index is 0.564. The molecule has 0 aliphatic rings. The van der Waals surface area contributed by atoms with Gasteiger partial charge in [-0.05, 0) is 70.8 Å². The number of hydrogen-bond donors (Lipinski definition) is 0. The number of benzene rings is 7. The van der Waals surface area contributed by atoms with Gasteiger partial charge in [0.25, 0.3) is 0 Å². The molecular weight excluding hydrogens is 587 g/mol. The molecule has 0 saturated carbocycles. The molecule has 0 saturated heterocycles. The molecule has 9 rings (SSSR count). The van der Waals surface area contributed by atoms with Crippen LogP contribution in [0.15, 0.2) is 168 Å². The van der Waals surface area contributed by atoms with Gasteiger partial charge >= 0.3 is 0 Å². The van der Waals surface area contributed by atoms with E-state index in [1.807, 2.05) is 24.3 Å². The number of nitriles is 1. The van der Waals surface area contributed by atoms with E-state index in [0.29, 0.717) is 11.1 Å². The Labute approximate surface area is 277 Å². The maximum absolute atomic E-state index is 9.57. The van der Waals surface area contributed by atoms with Gasteiger partial charge in [0.2, 0.25) is 0 Å². The van der Waals surface area contributed by atoms with Crippen LogP contribution >= 0.6 is 0 Å². The molecule has 4 heteroatoms. The van der Waals surface area contributed by atoms with Crippen molar-refractivity contribution in [2.45, 2.75) is 0 Å². The number of rotatable bonds is 5. The van der Waals surface area contributed by atoms with Crippen LogP contribution < -0.4 is 0 Å². The van der Waals surface area contributed by atoms with Crippen LogP contribution in [-0.4, -0.2) is 9.55 Å². The van der Waals surface area contributed by atoms with E-state index >= 15 is 0 Å². The van der Waals surface area contributed by atoms with Gasteiger partial charge in [0, 0.05) is 21.9 Å². The summed E-state index contributed by atoms with van der Waals surface area (Å²) in [5.74, 6) is 0.781. The zero-order valence-electron chi connectivity index (χ0n) is 25.8. The van der Waals surface area contributed by atoms with Gasteiger partial charge in [-0.3, -0.25) is 4.57 Å². The van der Waals surface area contributed by atoms with Gasteiger partial charge in [-0.25, -0.2) is 4.98 Å². The van der Waals surface area contributed by atoms with Crippen molar-refractivity contribution in [3.8, 4) is 56.5 Å². The Bertz CT molecular complexity index is 2600. The predicted molar refractivity (Wildman–Crippen MR) is 195 cm³/mol. The van der Waals surface area contributed by atoms with Gasteiger partial charge in [0.05, 0.1) is 33.9 Å². The number of nitrogens with zero attached hydrogens (tertiary/aromatic N) is 3. The van der Waals surface area contributed by atoms with E-state index < -0.39 is 0 Å². The second-order valence-corrected chi connectivity index (χ2v) is 11.9. The fraction of sp³-hybridized carbons (Fsp3) is 0. The highest BCUT2D eigenvalue weighted by Crippen LogP contribution is 2.44. The molecule has 0 aliphatic carbocycles. The smallest absolute Gasteiger partial charge is 0.149 e. The molecular formula is C44H27N3O. The lowest BCUT2D eigenvalue weighted by Gasteiger charge is -2.21. The third-order valence-corrected chi connectivity index (χ3v) is 9.04. The summed E-state index contributed by atoms with van der Waals surface area (Å²) in [7, 11) is 0. The third-order valence-electron chi connectivity index (χ3n) is 9.04. The van der Waals surface area contributed by atoms with Crippen molar-refractivity contribution >= 4 is 33.0 Å². The summed E-state index contributed by atoms with van der Waals surface area (Å²) in [5, 5.41) is 11.5. The zero-order valence-corrected chi connectivity index (χ0v) is 25.8. The Hall–Kier alpha value is -6.70. The highest BCUT2D eigenvalue weighted by Gasteiger charge is 2.25. The van der Waals surface area contributed by atoms with Crippen molar-refractivity contribution in [2.75, 3.05) is 0 Å². The molecule has 48 heavy (non-hydrogen) atoms. The van der Waals surface area contributed by atoms with E-state index in [9.17, 15) is 5.26 Å². The monoisotopic (exact) mass is 613 g/mol. The topological polar surface area (TPSA) is 54.8 Å². The molecule has 2 heterocycles. The van der Waals surface area contributed by atoms with Crippen molar-refractivity contribution in [1.29, 1.82) is 5.26 Å². The van der Waals surface area contributed by atoms with Gasteiger partial charge in [-0.2, -0.15) is 5.26 Å². The number of fused-ring (bicyclic) bond motifs is 4. The van der Waals surface area contributed by atoms with Crippen molar-refractivity contribution < 1.29 is 4.42 Å². The Morgan fingerprint density at radius 2 is 1.15 bits per heavy atom. The summed E-state index contributed by atoms with van der Waals surface area (Å²) < 4.78 is 8.87. The molecule has 224 valence electrons. The van der Waals surface area contributed by atoms with Crippen LogP contribution in [0.25, 0.3) is 83.4 Å². The van der Waals surface area contributed by atoms with E-state index in [1.54, 1.807) is 0 Å². The first-order valence-corrected chi connectivity index (χ1v) is 15.9. The average molecular weight is 614 g/mol. The Morgan fingerprint density at radius 1 is 0.521 bits per heavy atom. The van der Waals surface area contributed by atoms with Crippen LogP contribution in [0.1, 0.15) is 5.56 Å². The number of aromatic nitrogens is 2. The minimum atomic E-state index is 0.564. The van der Waals surface area contributed by atoms with Gasteiger partial charge in [-0.15, -0.1) is 0 Å². The Balaban J connectivity index is 1.43. The molecule has 0 bridgehead atoms. The first-order chi connectivity index (χ1) is 23.8. The van der Waals surface area contributed by atoms with Crippen LogP contribution in [0.2, 0.25) is 0 Å². The normalized spacial score (nSPS) is 11.3. The lowest BCUT2D eigenvalue weighted by atomic mass is 9.90. The molecule has 0 fully saturated rings. The molecule has 4 nitrogen and oxygen atoms in total. The fourth-order valence-electron chi connectivity index (χ4n) is 6.83. The van der Waals surface area contributed by atoms with Gasteiger partial charge in [0.1, 0.15) is 17.0 Å². The summed E-state index contributed by atoms with van der Waals surface area (Å²) in [4.78, 5) is 5.31. The van der Waals surface area contributed by atoms with Crippen molar-refractivity contribution in [3.05, 3.63) is 169 Å². The molecule has 0 N–H and O–H groups in total. The standard InChI is InChI=1S/C44H27N3O/c45-28-29-23-24-34-35-19-12-20-36(43(35)48-41(34)25-29)44-46-39-21-10-11-22-40(39)47(44)42-37(31-15-6-2-7-16-31)26-33(30-13-4-1-5-14-30)27-38(42)32-17-8-3-9-18-32/h1-27H. The molecule has 0 amide bonds. The fourth-order valence-corrected chi connectivity index (χ4v) is 6.83. The van der Waals surface area contributed by atoms with Crippen molar-refractivity contribution in [2.24, 2.45) is 0 Å². The quantitative estimate of drug-likeness (QED) is 0.194. The average Bonchev–Trinajstić information content (AvgIpc) is 3.73. The predicted octanol–water partition coefficient (Wildman–Crippen LogP) is 11.5. The lowest BCUT2D eigenvalue weighted by molar-refractivity contribution is 0.669. The van der Waals surface area contributed by atoms with E-state index in [1.165, 1.54) is 0 Å². The van der Waals surface area contributed by atoms with Gasteiger partial charge < -0.3 is 4.42 Å². The molecule has 0 atom stereocenters. The van der Waals surface area contributed by atoms with Gasteiger partial charge in [0.15, 0.2) is 0 Å². The molecule has 0 unspecified atom stereocenters. The highest BCUT2D eigenvalue weighted by molar-refractivity contribution is 6.10. The second-order valence-electron chi connectivity index (χ2n) is 11.9. The molecule has 9 aromatic rings. The number of furan rings is 1. The SMILES string of the molecule is N#Cc1ccc2c(c1)oc1c(-c3nc4ccccc4n3-c3c(-c4ccccc4)cc(-c4ccccc4)cc3-c3ccccc3)cccc12. The second kappa shape index (κ2) is 11.3. The molecule has 2 aromatic heterocycles. The molecule has 0 spiro atoms. The number of para-hydroxylation sites is 3. The maximum Gasteiger partial charge on any atom is 0.149 e. The van der Waals surface area contributed by atoms with Crippen LogP contribution in [0.5, 0.6) is 0 Å². The van der Waals surface area contributed by atoms with E-state index in [-0.39, 0.29) is 0 Å². The van der Waals surface area contributed by atoms with E-state index in [4.69, 9.17) is 9.40 Å². The van der Waals surface area contributed by atoms with E-state index in [0.717, 1.165) is 77.8 Å². The van der Waals surface area contributed by atoms with Crippen LogP contribution in [0.3, 0.4) is 0 Å². The van der Waals surface area contributed by atoms with Crippen molar-refractivity contribution in [3.63, 3.8) is 0 Å². The number of imidazole rings is 1. The first-order valence-electron chi connectivity index (χ1n) is 15.9. The Morgan fingerprint density at radius 3 is 1.81 bits per heavy atom. The third kappa shape index (κ3) is 4.49. The van der Waals surface area contributed by atoms with E-state index in [2.05, 4.69) is 150 Å². The summed E-state index contributed by atoms with van der Waals surface area (Å²) in [5.41, 5.74) is 12.5. The summed E-state index contributed by atoms with van der Waals surface area (Å²) in [6, 6.07) is 58.7. The lowest BCUT2D eigenvalue weighted by Crippen LogP contribution is -2.04. The number of hydrogen-bond acceptors (Lipinski definition) is 3. The minimum Gasteiger partial charge on any atom is -0.455 e. The van der Waals surface area contributed by atoms with Crippen LogP contribution in [0.4, 0.5) is 0 Å². The summed E-state index contributed by atoms with van der Waals surface area (Å²) in [6.45, 7) is 0. The molecule has 0 aliphatic heterocycles. The first kappa shape index (κ1) is 27.6. The van der Waals surface area contributed by atoms with Gasteiger partial charge in [-0.1, -0.05) is 115 Å². The van der Waals surface area contributed by atoms with Crippen LogP contribution in [0, 0.1) is 11.3 Å². The Kier molecular flexibility index (Phi) is 6.48. The maximum atomic E-state index is 9.57. The summed E-state index contributed by atoms with van der Waals surface area (Å²) in [6.07, 6.45) is 0. The van der Waals surface area contributed by atoms with Crippen molar-refractivity contribution in [1.82, 2.24) is 9.55 Å². The zero-order chi connectivity index (χ0) is 32.0. The molecule has 0 radical (unpaired) electrons. The summed E-state index contributed by atoms with van der Waals surface area (Å²) >= 11 is 0. The highest BCUT2D eigenvalue weighted by atomic mass is 16.3.